The molecule has 0 unspecified atom stereocenters. The van der Waals surface area contributed by atoms with E-state index in [2.05, 4.69) is 27.2 Å². The molecule has 1 fully saturated rings. The summed E-state index contributed by atoms with van der Waals surface area (Å²) in [6, 6.07) is 3.52. The molecule has 1 N–H and O–H groups in total. The zero-order chi connectivity index (χ0) is 14.7. The Bertz CT molecular complexity index is 631. The summed E-state index contributed by atoms with van der Waals surface area (Å²) < 4.78 is 5.76. The molecule has 1 aliphatic carbocycles. The number of aromatic nitrogens is 3. The number of pyridine rings is 1. The van der Waals surface area contributed by atoms with Crippen LogP contribution in [0.1, 0.15) is 37.9 Å². The Morgan fingerprint density at radius 2 is 2.14 bits per heavy atom. The number of ether oxygens (including phenoxy) is 1. The Kier molecular flexibility index (Phi) is 4.20. The van der Waals surface area contributed by atoms with E-state index < -0.39 is 0 Å². The highest BCUT2D eigenvalue weighted by Crippen LogP contribution is 2.39. The van der Waals surface area contributed by atoms with E-state index in [0.29, 0.717) is 22.6 Å². The normalized spacial score (nSPS) is 14.0. The predicted octanol–water partition coefficient (Wildman–Crippen LogP) is 4.02. The highest BCUT2D eigenvalue weighted by molar-refractivity contribution is 6.30. The molecule has 5 nitrogen and oxygen atoms in total. The Balaban J connectivity index is 1.84. The van der Waals surface area contributed by atoms with Gasteiger partial charge in [0.1, 0.15) is 17.4 Å². The highest BCUT2D eigenvalue weighted by atomic mass is 35.5. The van der Waals surface area contributed by atoms with Crippen molar-refractivity contribution < 1.29 is 4.74 Å². The molecule has 110 valence electrons. The van der Waals surface area contributed by atoms with Gasteiger partial charge in [-0.2, -0.15) is 4.98 Å². The molecular formula is C15H17ClN4O. The minimum Gasteiger partial charge on any atom is -0.437 e. The number of nitrogens with one attached hydrogen (secondary N) is 1. The van der Waals surface area contributed by atoms with Crippen molar-refractivity contribution in [1.29, 1.82) is 0 Å². The second kappa shape index (κ2) is 6.26. The average Bonchev–Trinajstić information content (AvgIpc) is 3.29. The highest BCUT2D eigenvalue weighted by Gasteiger charge is 2.27. The fraction of sp³-hybridized carbons (Fsp3) is 0.400. The van der Waals surface area contributed by atoms with E-state index in [1.165, 1.54) is 0 Å². The van der Waals surface area contributed by atoms with Crippen molar-refractivity contribution >= 4 is 17.4 Å². The van der Waals surface area contributed by atoms with Crippen LogP contribution in [-0.4, -0.2) is 21.5 Å². The van der Waals surface area contributed by atoms with Crippen molar-refractivity contribution in [2.45, 2.75) is 32.1 Å². The third-order valence-electron chi connectivity index (χ3n) is 3.12. The lowest BCUT2D eigenvalue weighted by Gasteiger charge is -2.10. The zero-order valence-corrected chi connectivity index (χ0v) is 12.6. The average molecular weight is 305 g/mol. The van der Waals surface area contributed by atoms with Crippen molar-refractivity contribution in [1.82, 2.24) is 15.0 Å². The molecule has 0 amide bonds. The molecule has 0 aliphatic heterocycles. The van der Waals surface area contributed by atoms with Gasteiger partial charge in [0.05, 0.1) is 11.2 Å². The van der Waals surface area contributed by atoms with Crippen LogP contribution in [0, 0.1) is 0 Å². The number of hydrogen-bond acceptors (Lipinski definition) is 5. The van der Waals surface area contributed by atoms with E-state index in [9.17, 15) is 0 Å². The quantitative estimate of drug-likeness (QED) is 0.873. The Labute approximate surface area is 128 Å². The van der Waals surface area contributed by atoms with Gasteiger partial charge in [-0.15, -0.1) is 0 Å². The van der Waals surface area contributed by atoms with Crippen molar-refractivity contribution in [2.24, 2.45) is 0 Å². The van der Waals surface area contributed by atoms with E-state index >= 15 is 0 Å². The van der Waals surface area contributed by atoms with Crippen molar-refractivity contribution in [3.05, 3.63) is 35.4 Å². The number of anilines is 1. The van der Waals surface area contributed by atoms with E-state index in [1.807, 2.05) is 6.07 Å². The lowest BCUT2D eigenvalue weighted by Crippen LogP contribution is -2.05. The maximum atomic E-state index is 5.91. The zero-order valence-electron chi connectivity index (χ0n) is 11.8. The third-order valence-corrected chi connectivity index (χ3v) is 3.33. The van der Waals surface area contributed by atoms with Gasteiger partial charge in [-0.3, -0.25) is 4.98 Å². The molecule has 0 bridgehead atoms. The van der Waals surface area contributed by atoms with Crippen LogP contribution in [0.4, 0.5) is 5.82 Å². The maximum Gasteiger partial charge on any atom is 0.224 e. The molecule has 0 saturated heterocycles. The Morgan fingerprint density at radius 3 is 2.86 bits per heavy atom. The number of nitrogens with zero attached hydrogens (tertiary/aromatic N) is 3. The van der Waals surface area contributed by atoms with Crippen LogP contribution >= 0.6 is 11.6 Å². The summed E-state index contributed by atoms with van der Waals surface area (Å²) in [6.45, 7) is 2.99. The molecule has 6 heteroatoms. The van der Waals surface area contributed by atoms with Gasteiger partial charge in [-0.1, -0.05) is 18.5 Å². The van der Waals surface area contributed by atoms with E-state index in [-0.39, 0.29) is 0 Å². The minimum absolute atomic E-state index is 0.466. The summed E-state index contributed by atoms with van der Waals surface area (Å²) in [4.78, 5) is 13.0. The first-order valence-corrected chi connectivity index (χ1v) is 7.53. The van der Waals surface area contributed by atoms with Gasteiger partial charge in [0.15, 0.2) is 0 Å². The lowest BCUT2D eigenvalue weighted by atomic mass is 10.3. The molecule has 1 aliphatic rings. The first kappa shape index (κ1) is 14.1. The molecule has 2 aromatic rings. The lowest BCUT2D eigenvalue weighted by molar-refractivity contribution is 0.457. The standard InChI is InChI=1S/C15H17ClN4O/c1-2-5-18-13-7-14(20-15(19-13)10-3-4-10)21-12-6-11(16)8-17-9-12/h6-10H,2-5H2,1H3,(H,18,19,20). The van der Waals surface area contributed by atoms with E-state index in [4.69, 9.17) is 16.3 Å². The van der Waals surface area contributed by atoms with Gasteiger partial charge < -0.3 is 10.1 Å². The monoisotopic (exact) mass is 304 g/mol. The van der Waals surface area contributed by atoms with Crippen LogP contribution in [0.25, 0.3) is 0 Å². The molecule has 2 aromatic heterocycles. The first-order chi connectivity index (χ1) is 10.2. The van der Waals surface area contributed by atoms with Crippen LogP contribution in [0.3, 0.4) is 0 Å². The molecule has 0 radical (unpaired) electrons. The Morgan fingerprint density at radius 1 is 1.29 bits per heavy atom. The van der Waals surface area contributed by atoms with Crippen LogP contribution in [-0.2, 0) is 0 Å². The molecule has 0 spiro atoms. The molecule has 21 heavy (non-hydrogen) atoms. The van der Waals surface area contributed by atoms with Crippen LogP contribution in [0.2, 0.25) is 5.02 Å². The molecule has 0 aromatic carbocycles. The second-order valence-corrected chi connectivity index (χ2v) is 5.53. The summed E-state index contributed by atoms with van der Waals surface area (Å²) in [5.41, 5.74) is 0. The SMILES string of the molecule is CCCNc1cc(Oc2cncc(Cl)c2)nc(C2CC2)n1. The summed E-state index contributed by atoms with van der Waals surface area (Å²) in [7, 11) is 0. The molecule has 2 heterocycles. The van der Waals surface area contributed by atoms with Crippen molar-refractivity contribution in [3.8, 4) is 11.6 Å². The Hall–Kier alpha value is -1.88. The van der Waals surface area contributed by atoms with E-state index in [1.54, 1.807) is 18.5 Å². The minimum atomic E-state index is 0.466. The van der Waals surface area contributed by atoms with Gasteiger partial charge in [-0.05, 0) is 19.3 Å². The number of halogens is 1. The summed E-state index contributed by atoms with van der Waals surface area (Å²) in [6.07, 6.45) is 6.52. The van der Waals surface area contributed by atoms with Gasteiger partial charge >= 0.3 is 0 Å². The number of hydrogen-bond donors (Lipinski definition) is 1. The van der Waals surface area contributed by atoms with Crippen molar-refractivity contribution in [3.63, 3.8) is 0 Å². The van der Waals surface area contributed by atoms with E-state index in [0.717, 1.165) is 37.4 Å². The second-order valence-electron chi connectivity index (χ2n) is 5.09. The fourth-order valence-electron chi connectivity index (χ4n) is 1.93. The van der Waals surface area contributed by atoms with Crippen LogP contribution in [0.15, 0.2) is 24.5 Å². The fourth-order valence-corrected chi connectivity index (χ4v) is 2.10. The predicted molar refractivity (Wildman–Crippen MR) is 82.1 cm³/mol. The van der Waals surface area contributed by atoms with Crippen LogP contribution in [0.5, 0.6) is 11.6 Å². The maximum absolute atomic E-state index is 5.91. The summed E-state index contributed by atoms with van der Waals surface area (Å²) >= 11 is 5.91. The molecule has 0 atom stereocenters. The molecular weight excluding hydrogens is 288 g/mol. The van der Waals surface area contributed by atoms with Gasteiger partial charge in [0.2, 0.25) is 5.88 Å². The number of rotatable bonds is 6. The third kappa shape index (κ3) is 3.82. The first-order valence-electron chi connectivity index (χ1n) is 7.16. The topological polar surface area (TPSA) is 59.9 Å². The molecule has 1 saturated carbocycles. The summed E-state index contributed by atoms with van der Waals surface area (Å²) in [5.74, 6) is 3.21. The smallest absolute Gasteiger partial charge is 0.224 e. The van der Waals surface area contributed by atoms with Crippen molar-refractivity contribution in [2.75, 3.05) is 11.9 Å². The largest absolute Gasteiger partial charge is 0.437 e. The van der Waals surface area contributed by atoms with Gasteiger partial charge in [0.25, 0.3) is 0 Å². The van der Waals surface area contributed by atoms with Gasteiger partial charge in [-0.25, -0.2) is 4.98 Å². The molecule has 3 rings (SSSR count). The van der Waals surface area contributed by atoms with Gasteiger partial charge in [0, 0.05) is 30.8 Å². The summed E-state index contributed by atoms with van der Waals surface area (Å²) in [5, 5.41) is 3.82. The van der Waals surface area contributed by atoms with Crippen LogP contribution < -0.4 is 10.1 Å².